The molecule has 0 spiro atoms. The summed E-state index contributed by atoms with van der Waals surface area (Å²) in [7, 11) is 5.76. The Morgan fingerprint density at radius 3 is 2.86 bits per heavy atom. The first-order chi connectivity index (χ1) is 10.1. The minimum Gasteiger partial charge on any atom is -0.496 e. The van der Waals surface area contributed by atoms with E-state index in [4.69, 9.17) is 4.74 Å². The predicted molar refractivity (Wildman–Crippen MR) is 88.5 cm³/mol. The second-order valence-electron chi connectivity index (χ2n) is 4.97. The Labute approximate surface area is 129 Å². The number of nitrogens with zero attached hydrogens (tertiary/aromatic N) is 3. The molecule has 6 heteroatoms. The van der Waals surface area contributed by atoms with Gasteiger partial charge in [0.15, 0.2) is 0 Å². The van der Waals surface area contributed by atoms with Gasteiger partial charge in [-0.25, -0.2) is 4.98 Å². The van der Waals surface area contributed by atoms with Crippen molar-refractivity contribution in [3.05, 3.63) is 40.4 Å². The Morgan fingerprint density at radius 1 is 1.43 bits per heavy atom. The largest absolute Gasteiger partial charge is 0.496 e. The molecule has 0 saturated heterocycles. The lowest BCUT2D eigenvalue weighted by Crippen LogP contribution is -2.11. The summed E-state index contributed by atoms with van der Waals surface area (Å²) in [6.45, 7) is 2.78. The van der Waals surface area contributed by atoms with E-state index in [1.165, 1.54) is 11.3 Å². The molecule has 0 unspecified atom stereocenters. The van der Waals surface area contributed by atoms with E-state index in [0.717, 1.165) is 34.2 Å². The lowest BCUT2D eigenvalue weighted by molar-refractivity contribution is 0.372. The molecule has 1 aromatic carbocycles. The maximum absolute atomic E-state index is 5.38. The summed E-state index contributed by atoms with van der Waals surface area (Å²) < 4.78 is 5.38. The van der Waals surface area contributed by atoms with Crippen LogP contribution >= 0.6 is 11.3 Å². The normalized spacial score (nSPS) is 11.3. The van der Waals surface area contributed by atoms with Crippen LogP contribution in [0.1, 0.15) is 16.8 Å². The van der Waals surface area contributed by atoms with Crippen molar-refractivity contribution >= 4 is 22.7 Å². The molecule has 0 amide bonds. The van der Waals surface area contributed by atoms with Crippen LogP contribution in [-0.4, -0.2) is 37.3 Å². The molecule has 1 N–H and O–H groups in total. The average molecular weight is 304 g/mol. The Bertz CT molecular complexity index is 622. The van der Waals surface area contributed by atoms with Crippen molar-refractivity contribution in [2.45, 2.75) is 13.5 Å². The van der Waals surface area contributed by atoms with Crippen LogP contribution in [0.25, 0.3) is 0 Å². The van der Waals surface area contributed by atoms with Gasteiger partial charge in [0, 0.05) is 17.5 Å². The van der Waals surface area contributed by atoms with Crippen LogP contribution in [-0.2, 0) is 6.54 Å². The summed E-state index contributed by atoms with van der Waals surface area (Å²) in [4.78, 5) is 6.40. The number of hydrogen-bond acceptors (Lipinski definition) is 6. The zero-order valence-corrected chi connectivity index (χ0v) is 13.6. The summed E-state index contributed by atoms with van der Waals surface area (Å²) in [6.07, 6.45) is 1.79. The number of methoxy groups -OCH3 is 1. The van der Waals surface area contributed by atoms with Crippen molar-refractivity contribution in [2.75, 3.05) is 26.6 Å². The van der Waals surface area contributed by atoms with E-state index < -0.39 is 0 Å². The quantitative estimate of drug-likeness (QED) is 0.658. The fraction of sp³-hybridized carbons (Fsp3) is 0.333. The summed E-state index contributed by atoms with van der Waals surface area (Å²) >= 11 is 1.54. The van der Waals surface area contributed by atoms with E-state index in [0.29, 0.717) is 0 Å². The standard InChI is InChI=1S/C15H20N4OS/c1-11-10-21-15(17-11)18-16-8-12-5-6-14(20-4)13(7-12)9-19(2)3/h5-8,10H,9H2,1-4H3,(H,17,18). The number of rotatable bonds is 6. The number of aromatic nitrogens is 1. The van der Waals surface area contributed by atoms with Crippen molar-refractivity contribution in [1.29, 1.82) is 0 Å². The Balaban J connectivity index is 2.08. The van der Waals surface area contributed by atoms with Gasteiger partial charge in [-0.15, -0.1) is 11.3 Å². The molecule has 0 aliphatic carbocycles. The molecule has 0 aliphatic heterocycles. The second kappa shape index (κ2) is 7.19. The minimum atomic E-state index is 0.797. The molecule has 0 atom stereocenters. The van der Waals surface area contributed by atoms with Gasteiger partial charge in [0.2, 0.25) is 5.13 Å². The van der Waals surface area contributed by atoms with E-state index in [2.05, 4.69) is 26.5 Å². The number of anilines is 1. The Morgan fingerprint density at radius 2 is 2.24 bits per heavy atom. The molecule has 112 valence electrons. The summed E-state index contributed by atoms with van der Waals surface area (Å²) in [5.41, 5.74) is 6.09. The van der Waals surface area contributed by atoms with Gasteiger partial charge >= 0.3 is 0 Å². The van der Waals surface area contributed by atoms with Gasteiger partial charge in [-0.05, 0) is 44.8 Å². The topological polar surface area (TPSA) is 49.8 Å². The molecular weight excluding hydrogens is 284 g/mol. The number of aryl methyl sites for hydroxylation is 1. The van der Waals surface area contributed by atoms with Crippen LogP contribution in [0.2, 0.25) is 0 Å². The lowest BCUT2D eigenvalue weighted by atomic mass is 10.1. The first-order valence-electron chi connectivity index (χ1n) is 6.61. The monoisotopic (exact) mass is 304 g/mol. The molecular formula is C15H20N4OS. The van der Waals surface area contributed by atoms with Crippen molar-refractivity contribution in [1.82, 2.24) is 9.88 Å². The first kappa shape index (κ1) is 15.5. The lowest BCUT2D eigenvalue weighted by Gasteiger charge is -2.13. The smallest absolute Gasteiger partial charge is 0.203 e. The number of nitrogens with one attached hydrogen (secondary N) is 1. The number of ether oxygens (including phenoxy) is 1. The Kier molecular flexibility index (Phi) is 5.30. The summed E-state index contributed by atoms with van der Waals surface area (Å²) in [5.74, 6) is 0.893. The molecule has 2 aromatic rings. The zero-order chi connectivity index (χ0) is 15.2. The fourth-order valence-electron chi connectivity index (χ4n) is 1.91. The third-order valence-electron chi connectivity index (χ3n) is 2.78. The van der Waals surface area contributed by atoms with Gasteiger partial charge < -0.3 is 9.64 Å². The molecule has 0 saturated carbocycles. The fourth-order valence-corrected chi connectivity index (χ4v) is 2.55. The highest BCUT2D eigenvalue weighted by Crippen LogP contribution is 2.20. The molecule has 0 bridgehead atoms. The molecule has 1 aromatic heterocycles. The van der Waals surface area contributed by atoms with Gasteiger partial charge in [-0.1, -0.05) is 0 Å². The molecule has 2 rings (SSSR count). The first-order valence-corrected chi connectivity index (χ1v) is 7.49. The third kappa shape index (κ3) is 4.54. The van der Waals surface area contributed by atoms with E-state index in [9.17, 15) is 0 Å². The van der Waals surface area contributed by atoms with Gasteiger partial charge in [0.05, 0.1) is 19.0 Å². The van der Waals surface area contributed by atoms with Crippen LogP contribution < -0.4 is 10.2 Å². The van der Waals surface area contributed by atoms with Gasteiger partial charge in [0.25, 0.3) is 0 Å². The second-order valence-corrected chi connectivity index (χ2v) is 5.83. The molecule has 0 radical (unpaired) electrons. The molecule has 21 heavy (non-hydrogen) atoms. The number of hydrogen-bond donors (Lipinski definition) is 1. The minimum absolute atomic E-state index is 0.797. The van der Waals surface area contributed by atoms with Crippen molar-refractivity contribution in [3.8, 4) is 5.75 Å². The van der Waals surface area contributed by atoms with Crippen molar-refractivity contribution < 1.29 is 4.74 Å². The highest BCUT2D eigenvalue weighted by atomic mass is 32.1. The maximum Gasteiger partial charge on any atom is 0.203 e. The van der Waals surface area contributed by atoms with Crippen LogP contribution in [0.3, 0.4) is 0 Å². The van der Waals surface area contributed by atoms with Crippen molar-refractivity contribution in [3.63, 3.8) is 0 Å². The molecule has 0 aliphatic rings. The van der Waals surface area contributed by atoms with E-state index in [1.807, 2.05) is 38.5 Å². The van der Waals surface area contributed by atoms with E-state index in [1.54, 1.807) is 13.3 Å². The SMILES string of the molecule is COc1ccc(C=NNc2nc(C)cs2)cc1CN(C)C. The molecule has 5 nitrogen and oxygen atoms in total. The predicted octanol–water partition coefficient (Wildman–Crippen LogP) is 2.97. The zero-order valence-electron chi connectivity index (χ0n) is 12.8. The third-order valence-corrected chi connectivity index (χ3v) is 3.65. The number of benzene rings is 1. The van der Waals surface area contributed by atoms with E-state index in [-0.39, 0.29) is 0 Å². The highest BCUT2D eigenvalue weighted by molar-refractivity contribution is 7.13. The van der Waals surface area contributed by atoms with Gasteiger partial charge in [0.1, 0.15) is 5.75 Å². The number of hydrazone groups is 1. The van der Waals surface area contributed by atoms with Gasteiger partial charge in [-0.3, -0.25) is 5.43 Å². The molecule has 0 fully saturated rings. The summed E-state index contributed by atoms with van der Waals surface area (Å²) in [6, 6.07) is 6.03. The molecule has 1 heterocycles. The van der Waals surface area contributed by atoms with Crippen LogP contribution in [0.5, 0.6) is 5.75 Å². The van der Waals surface area contributed by atoms with Crippen LogP contribution in [0.4, 0.5) is 5.13 Å². The highest BCUT2D eigenvalue weighted by Gasteiger charge is 2.05. The summed E-state index contributed by atoms with van der Waals surface area (Å²) in [5, 5.41) is 7.00. The van der Waals surface area contributed by atoms with Crippen LogP contribution in [0, 0.1) is 6.92 Å². The maximum atomic E-state index is 5.38. The van der Waals surface area contributed by atoms with Crippen LogP contribution in [0.15, 0.2) is 28.7 Å². The van der Waals surface area contributed by atoms with E-state index >= 15 is 0 Å². The average Bonchev–Trinajstić information content (AvgIpc) is 2.84. The Hall–Kier alpha value is -1.92. The van der Waals surface area contributed by atoms with Crippen molar-refractivity contribution in [2.24, 2.45) is 5.10 Å². The van der Waals surface area contributed by atoms with Gasteiger partial charge in [-0.2, -0.15) is 5.10 Å². The number of thiazole rings is 1.